The zero-order valence-corrected chi connectivity index (χ0v) is 9.84. The van der Waals surface area contributed by atoms with Crippen molar-refractivity contribution in [1.82, 2.24) is 4.90 Å². The van der Waals surface area contributed by atoms with Gasteiger partial charge in [-0.2, -0.15) is 0 Å². The fraction of sp³-hybridized carbons (Fsp3) is 0.300. The molecule has 1 aromatic rings. The molecule has 0 aliphatic carbocycles. The van der Waals surface area contributed by atoms with Gasteiger partial charge in [0.2, 0.25) is 5.91 Å². The summed E-state index contributed by atoms with van der Waals surface area (Å²) >= 11 is 3.38. The lowest BCUT2D eigenvalue weighted by atomic mass is 10.1. The predicted molar refractivity (Wildman–Crippen MR) is 61.0 cm³/mol. The Bertz CT molecular complexity index is 350. The van der Waals surface area contributed by atoms with Gasteiger partial charge in [-0.05, 0) is 23.8 Å². The molecule has 0 radical (unpaired) electrons. The number of nitrogens with zero attached hydrogens (tertiary/aromatic N) is 1. The van der Waals surface area contributed by atoms with Crippen LogP contribution in [0.25, 0.3) is 0 Å². The Kier molecular flexibility index (Phi) is 3.52. The minimum absolute atomic E-state index is 0.0660. The van der Waals surface area contributed by atoms with Crippen molar-refractivity contribution < 1.29 is 4.79 Å². The summed E-state index contributed by atoms with van der Waals surface area (Å²) in [5, 5.41) is 0. The van der Waals surface area contributed by atoms with Crippen LogP contribution in [0.2, 0.25) is 0 Å². The second-order valence-corrected chi connectivity index (χ2v) is 4.17. The fourth-order valence-electron chi connectivity index (χ4n) is 1.05. The minimum atomic E-state index is 0.0660. The van der Waals surface area contributed by atoms with E-state index in [1.807, 2.05) is 12.1 Å². The average molecular weight is 257 g/mol. The minimum Gasteiger partial charge on any atom is -0.399 e. The Labute approximate surface area is 92.0 Å². The van der Waals surface area contributed by atoms with Crippen LogP contribution in [0.4, 0.5) is 5.69 Å². The third-order valence-corrected chi connectivity index (χ3v) is 2.68. The fourth-order valence-corrected chi connectivity index (χ4v) is 1.44. The van der Waals surface area contributed by atoms with Crippen LogP contribution >= 0.6 is 15.9 Å². The number of halogens is 1. The Morgan fingerprint density at radius 3 is 2.71 bits per heavy atom. The monoisotopic (exact) mass is 256 g/mol. The molecule has 14 heavy (non-hydrogen) atoms. The topological polar surface area (TPSA) is 46.3 Å². The number of anilines is 1. The molecule has 0 atom stereocenters. The van der Waals surface area contributed by atoms with Crippen molar-refractivity contribution in [1.29, 1.82) is 0 Å². The number of hydrogen-bond donors (Lipinski definition) is 1. The van der Waals surface area contributed by atoms with E-state index in [1.54, 1.807) is 25.1 Å². The van der Waals surface area contributed by atoms with Crippen molar-refractivity contribution in [2.45, 2.75) is 6.42 Å². The summed E-state index contributed by atoms with van der Waals surface area (Å²) in [7, 11) is 3.48. The van der Waals surface area contributed by atoms with E-state index < -0.39 is 0 Å². The van der Waals surface area contributed by atoms with E-state index in [1.165, 1.54) is 0 Å². The molecular weight excluding hydrogens is 244 g/mol. The molecule has 2 N–H and O–H groups in total. The van der Waals surface area contributed by atoms with E-state index in [0.29, 0.717) is 12.1 Å². The summed E-state index contributed by atoms with van der Waals surface area (Å²) in [6.07, 6.45) is 0.374. The maximum atomic E-state index is 11.4. The van der Waals surface area contributed by atoms with Crippen LogP contribution in [0.3, 0.4) is 0 Å². The molecule has 0 heterocycles. The maximum Gasteiger partial charge on any atom is 0.226 e. The number of benzene rings is 1. The molecule has 0 aliphatic rings. The van der Waals surface area contributed by atoms with Crippen LogP contribution in [0.15, 0.2) is 22.7 Å². The van der Waals surface area contributed by atoms with E-state index >= 15 is 0 Å². The Morgan fingerprint density at radius 1 is 1.50 bits per heavy atom. The number of nitrogen functional groups attached to an aromatic ring is 1. The van der Waals surface area contributed by atoms with Gasteiger partial charge in [-0.3, -0.25) is 4.79 Å². The molecule has 76 valence electrons. The molecule has 0 unspecified atom stereocenters. The lowest BCUT2D eigenvalue weighted by Crippen LogP contribution is -2.23. The van der Waals surface area contributed by atoms with E-state index in [9.17, 15) is 4.79 Å². The van der Waals surface area contributed by atoms with Gasteiger partial charge in [-0.25, -0.2) is 0 Å². The zero-order chi connectivity index (χ0) is 10.7. The quantitative estimate of drug-likeness (QED) is 0.819. The zero-order valence-electron chi connectivity index (χ0n) is 8.25. The van der Waals surface area contributed by atoms with Gasteiger partial charge in [0.25, 0.3) is 0 Å². The third kappa shape index (κ3) is 2.73. The third-order valence-electron chi connectivity index (χ3n) is 1.91. The lowest BCUT2D eigenvalue weighted by molar-refractivity contribution is -0.127. The van der Waals surface area contributed by atoms with Gasteiger partial charge in [0.15, 0.2) is 0 Å². The molecule has 0 saturated carbocycles. The molecule has 1 aromatic carbocycles. The lowest BCUT2D eigenvalue weighted by Gasteiger charge is -2.11. The van der Waals surface area contributed by atoms with Gasteiger partial charge in [-0.15, -0.1) is 0 Å². The molecule has 1 amide bonds. The Hall–Kier alpha value is -1.03. The molecular formula is C10H13BrN2O. The number of likely N-dealkylation sites (N-methyl/N-ethyl adjacent to an activating group) is 1. The molecule has 4 heteroatoms. The maximum absolute atomic E-state index is 11.4. The summed E-state index contributed by atoms with van der Waals surface area (Å²) in [5.74, 6) is 0.0660. The van der Waals surface area contributed by atoms with Gasteiger partial charge >= 0.3 is 0 Å². The van der Waals surface area contributed by atoms with Crippen molar-refractivity contribution in [2.75, 3.05) is 19.8 Å². The molecule has 3 nitrogen and oxygen atoms in total. The highest BCUT2D eigenvalue weighted by molar-refractivity contribution is 9.10. The van der Waals surface area contributed by atoms with Crippen molar-refractivity contribution in [3.05, 3.63) is 28.2 Å². The normalized spacial score (nSPS) is 9.93. The number of rotatable bonds is 2. The summed E-state index contributed by atoms with van der Waals surface area (Å²) in [5.41, 5.74) is 7.23. The standard InChI is InChI=1S/C10H13BrN2O/c1-13(2)10(14)6-7-5-8(12)3-4-9(7)11/h3-5H,6,12H2,1-2H3. The first-order valence-corrected chi connectivity index (χ1v) is 5.04. The van der Waals surface area contributed by atoms with Crippen molar-refractivity contribution in [2.24, 2.45) is 0 Å². The molecule has 0 aromatic heterocycles. The smallest absolute Gasteiger partial charge is 0.226 e. The van der Waals surface area contributed by atoms with Gasteiger partial charge in [-0.1, -0.05) is 15.9 Å². The van der Waals surface area contributed by atoms with Crippen LogP contribution in [0.1, 0.15) is 5.56 Å². The first kappa shape index (κ1) is 11.0. The molecule has 0 aliphatic heterocycles. The highest BCUT2D eigenvalue weighted by Crippen LogP contribution is 2.20. The molecule has 0 bridgehead atoms. The van der Waals surface area contributed by atoms with Gasteiger partial charge in [0.1, 0.15) is 0 Å². The predicted octanol–water partition coefficient (Wildman–Crippen LogP) is 1.66. The summed E-state index contributed by atoms with van der Waals surface area (Å²) in [6, 6.07) is 5.47. The molecule has 0 fully saturated rings. The molecule has 0 spiro atoms. The highest BCUT2D eigenvalue weighted by Gasteiger charge is 2.08. The van der Waals surface area contributed by atoms with Crippen molar-refractivity contribution in [3.63, 3.8) is 0 Å². The van der Waals surface area contributed by atoms with Gasteiger partial charge in [0, 0.05) is 24.3 Å². The van der Waals surface area contributed by atoms with Crippen molar-refractivity contribution >= 4 is 27.5 Å². The van der Waals surface area contributed by atoms with E-state index in [2.05, 4.69) is 15.9 Å². The van der Waals surface area contributed by atoms with E-state index in [0.717, 1.165) is 10.0 Å². The largest absolute Gasteiger partial charge is 0.399 e. The number of hydrogen-bond acceptors (Lipinski definition) is 2. The highest BCUT2D eigenvalue weighted by atomic mass is 79.9. The van der Waals surface area contributed by atoms with Crippen LogP contribution in [-0.4, -0.2) is 24.9 Å². The average Bonchev–Trinajstić information content (AvgIpc) is 2.11. The van der Waals surface area contributed by atoms with Crippen LogP contribution in [0.5, 0.6) is 0 Å². The number of carbonyl (C=O) groups excluding carboxylic acids is 1. The second kappa shape index (κ2) is 4.46. The Morgan fingerprint density at radius 2 is 2.14 bits per heavy atom. The Balaban J connectivity index is 2.86. The van der Waals surface area contributed by atoms with Crippen molar-refractivity contribution in [3.8, 4) is 0 Å². The van der Waals surface area contributed by atoms with E-state index in [4.69, 9.17) is 5.73 Å². The van der Waals surface area contributed by atoms with Crippen LogP contribution < -0.4 is 5.73 Å². The van der Waals surface area contributed by atoms with Gasteiger partial charge < -0.3 is 10.6 Å². The molecule has 1 rings (SSSR count). The second-order valence-electron chi connectivity index (χ2n) is 3.32. The van der Waals surface area contributed by atoms with Crippen LogP contribution in [-0.2, 0) is 11.2 Å². The number of nitrogens with two attached hydrogens (primary N) is 1. The first-order chi connectivity index (χ1) is 6.50. The number of carbonyl (C=O) groups is 1. The first-order valence-electron chi connectivity index (χ1n) is 4.24. The summed E-state index contributed by atoms with van der Waals surface area (Å²) < 4.78 is 0.918. The van der Waals surface area contributed by atoms with E-state index in [-0.39, 0.29) is 5.91 Å². The summed E-state index contributed by atoms with van der Waals surface area (Å²) in [6.45, 7) is 0. The summed E-state index contributed by atoms with van der Waals surface area (Å²) in [4.78, 5) is 13.0. The number of amides is 1. The molecule has 0 saturated heterocycles. The van der Waals surface area contributed by atoms with Crippen LogP contribution in [0, 0.1) is 0 Å². The van der Waals surface area contributed by atoms with Gasteiger partial charge in [0.05, 0.1) is 6.42 Å². The SMILES string of the molecule is CN(C)C(=O)Cc1cc(N)ccc1Br.